The second-order valence-corrected chi connectivity index (χ2v) is 4.36. The van der Waals surface area contributed by atoms with Crippen LogP contribution < -0.4 is 15.2 Å². The molecule has 0 unspecified atom stereocenters. The first kappa shape index (κ1) is 26.8. The number of phenolic OH excluding ortho intramolecular Hbond substituents is 1. The summed E-state index contributed by atoms with van der Waals surface area (Å²) in [4.78, 5) is 25.4. The van der Waals surface area contributed by atoms with Crippen LogP contribution in [0.5, 0.6) is 17.4 Å². The Hall–Kier alpha value is -2.41. The number of ether oxygens (including phenoxy) is 2. The van der Waals surface area contributed by atoms with E-state index in [0.717, 1.165) is 6.07 Å². The second kappa shape index (κ2) is 13.7. The third kappa shape index (κ3) is 7.78. The average molecular weight is 551 g/mol. The van der Waals surface area contributed by atoms with Crippen LogP contribution in [0.15, 0.2) is 29.2 Å². The number of aryl methyl sites for hydroxylation is 1. The predicted molar refractivity (Wildman–Crippen MR) is 97.8 cm³/mol. The van der Waals surface area contributed by atoms with Crippen LogP contribution in [0, 0.1) is 10.1 Å². The van der Waals surface area contributed by atoms with Crippen molar-refractivity contribution in [2.75, 3.05) is 7.11 Å². The van der Waals surface area contributed by atoms with Gasteiger partial charge in [0, 0.05) is 40.4 Å². The van der Waals surface area contributed by atoms with Crippen LogP contribution in [-0.2, 0) is 34.7 Å². The zero-order valence-corrected chi connectivity index (χ0v) is 19.2. The van der Waals surface area contributed by atoms with Crippen molar-refractivity contribution < 1.29 is 40.6 Å². The molecule has 150 valence electrons. The molecule has 0 amide bonds. The van der Waals surface area contributed by atoms with Gasteiger partial charge in [-0.05, 0) is 6.07 Å². The van der Waals surface area contributed by atoms with Crippen molar-refractivity contribution in [1.82, 2.24) is 9.55 Å². The van der Waals surface area contributed by atoms with Gasteiger partial charge in [-0.15, -0.1) is 0 Å². The molecule has 1 aromatic carbocycles. The molecule has 0 atom stereocenters. The number of hydrogen-bond donors (Lipinski definition) is 1. The van der Waals surface area contributed by atoms with Crippen molar-refractivity contribution in [3.8, 4) is 17.4 Å². The molecule has 0 aliphatic carbocycles. The number of methoxy groups -OCH3 is 1. The third-order valence-electron chi connectivity index (χ3n) is 2.90. The van der Waals surface area contributed by atoms with Gasteiger partial charge < -0.3 is 19.1 Å². The Bertz CT molecular complexity index is 780. The Balaban J connectivity index is 0. The molecule has 2 rings (SSSR count). The number of nitro groups is 1. The van der Waals surface area contributed by atoms with Crippen molar-refractivity contribution in [3.63, 3.8) is 0 Å². The van der Waals surface area contributed by atoms with E-state index in [1.807, 2.05) is 27.7 Å². The maximum atomic E-state index is 11.4. The molecule has 0 fully saturated rings. The smallest absolute Gasteiger partial charge is 0.350 e. The van der Waals surface area contributed by atoms with Gasteiger partial charge in [0.15, 0.2) is 11.5 Å². The summed E-state index contributed by atoms with van der Waals surface area (Å²) in [5.41, 5.74) is -0.639. The zero-order valence-electron chi connectivity index (χ0n) is 16.3. The predicted octanol–water partition coefficient (Wildman–Crippen LogP) is 3.03. The van der Waals surface area contributed by atoms with Crippen molar-refractivity contribution in [3.05, 3.63) is 50.6 Å². The van der Waals surface area contributed by atoms with E-state index in [1.54, 1.807) is 0 Å². The number of phenols is 1. The Labute approximate surface area is 172 Å². The average Bonchev–Trinajstić information content (AvgIpc) is 2.66. The van der Waals surface area contributed by atoms with Crippen LogP contribution >= 0.6 is 0 Å². The van der Waals surface area contributed by atoms with Crippen LogP contribution in [-0.4, -0.2) is 26.7 Å². The first-order valence-corrected chi connectivity index (χ1v) is 8.13. The fourth-order valence-corrected chi connectivity index (χ4v) is 1.73. The number of benzene rings is 1. The fourth-order valence-electron chi connectivity index (χ4n) is 1.73. The van der Waals surface area contributed by atoms with Gasteiger partial charge in [0.2, 0.25) is 5.88 Å². The summed E-state index contributed by atoms with van der Waals surface area (Å²) in [5.74, 6) is -0.213. The molecule has 0 aliphatic rings. The van der Waals surface area contributed by atoms with Gasteiger partial charge in [0.1, 0.15) is 6.61 Å². The minimum Gasteiger partial charge on any atom is -0.504 e. The van der Waals surface area contributed by atoms with Crippen molar-refractivity contribution >= 4 is 5.69 Å². The molecule has 0 bridgehead atoms. The first-order chi connectivity index (χ1) is 12.4. The van der Waals surface area contributed by atoms with Crippen LogP contribution in [0.3, 0.4) is 0 Å². The van der Waals surface area contributed by atoms with Crippen LogP contribution in [0.25, 0.3) is 0 Å². The molecular weight excluding hydrogens is 526 g/mol. The molecule has 0 saturated heterocycles. The summed E-state index contributed by atoms with van der Waals surface area (Å²) in [6.07, 6.45) is 1.47. The number of hydrogen-bond acceptors (Lipinski definition) is 7. The maximum Gasteiger partial charge on any atom is 0.350 e. The van der Waals surface area contributed by atoms with Gasteiger partial charge in [-0.1, -0.05) is 27.7 Å². The molecule has 1 heterocycles. The summed E-state index contributed by atoms with van der Waals surface area (Å²) >= 11 is 0. The van der Waals surface area contributed by atoms with E-state index in [-0.39, 0.29) is 56.3 Å². The molecule has 0 spiro atoms. The van der Waals surface area contributed by atoms with E-state index in [1.165, 1.54) is 37.1 Å². The quantitative estimate of drug-likeness (QED) is 0.449. The minimum absolute atomic E-state index is 0. The molecule has 9 nitrogen and oxygen atoms in total. The minimum atomic E-state index is -0.644. The van der Waals surface area contributed by atoms with E-state index in [4.69, 9.17) is 9.47 Å². The summed E-state index contributed by atoms with van der Waals surface area (Å²) in [7, 11) is 2.86. The number of rotatable bonds is 5. The molecule has 27 heavy (non-hydrogen) atoms. The molecule has 1 N–H and O–H groups in total. The first-order valence-electron chi connectivity index (χ1n) is 8.13. The summed E-state index contributed by atoms with van der Waals surface area (Å²) < 4.78 is 11.5. The van der Waals surface area contributed by atoms with Crippen molar-refractivity contribution in [2.45, 2.75) is 34.3 Å². The SMILES string of the molecule is CC.CC.COc1cc(COc2ccn(C)c(=O)n2)c([N+](=O)[O-])cc1O.[W]. The standard InChI is InChI=1S/C13H13N3O6.2C2H6.W/c1-15-4-3-12(14-13(15)18)22-7-8-5-11(21-2)10(17)6-9(8)16(19)20;2*1-2;/h3-6,17H,7H2,1-2H3;2*1-2H3;. The van der Waals surface area contributed by atoms with Gasteiger partial charge in [-0.2, -0.15) is 4.98 Å². The Kier molecular flexibility index (Phi) is 13.7. The summed E-state index contributed by atoms with van der Waals surface area (Å²) in [6.45, 7) is 7.80. The monoisotopic (exact) mass is 551 g/mol. The molecule has 0 radical (unpaired) electrons. The van der Waals surface area contributed by atoms with E-state index >= 15 is 0 Å². The van der Waals surface area contributed by atoms with Crippen LogP contribution in [0.1, 0.15) is 33.3 Å². The number of nitrogens with zero attached hydrogens (tertiary/aromatic N) is 3. The third-order valence-corrected chi connectivity index (χ3v) is 2.90. The molecule has 2 aromatic rings. The Morgan fingerprint density at radius 3 is 2.33 bits per heavy atom. The van der Waals surface area contributed by atoms with Gasteiger partial charge >= 0.3 is 5.69 Å². The van der Waals surface area contributed by atoms with Gasteiger partial charge in [0.25, 0.3) is 5.69 Å². The Morgan fingerprint density at radius 1 is 1.26 bits per heavy atom. The van der Waals surface area contributed by atoms with E-state index < -0.39 is 10.6 Å². The van der Waals surface area contributed by atoms with E-state index in [0.29, 0.717) is 0 Å². The summed E-state index contributed by atoms with van der Waals surface area (Å²) in [5, 5.41) is 20.6. The van der Waals surface area contributed by atoms with Gasteiger partial charge in [-0.25, -0.2) is 4.79 Å². The maximum absolute atomic E-state index is 11.4. The molecule has 1 aromatic heterocycles. The molecule has 0 aliphatic heterocycles. The largest absolute Gasteiger partial charge is 0.504 e. The van der Waals surface area contributed by atoms with Gasteiger partial charge in [0.05, 0.1) is 23.7 Å². The zero-order chi connectivity index (χ0) is 20.3. The number of nitro benzene ring substituents is 1. The number of aromatic hydroxyl groups is 1. The topological polar surface area (TPSA) is 117 Å². The Morgan fingerprint density at radius 2 is 1.85 bits per heavy atom. The molecular formula is C17H25N3O6W. The molecule has 10 heteroatoms. The summed E-state index contributed by atoms with van der Waals surface area (Å²) in [6, 6.07) is 3.74. The van der Waals surface area contributed by atoms with Crippen molar-refractivity contribution in [2.24, 2.45) is 7.05 Å². The normalized spacial score (nSPS) is 8.81. The van der Waals surface area contributed by atoms with Crippen LogP contribution in [0.4, 0.5) is 5.69 Å². The van der Waals surface area contributed by atoms with Crippen molar-refractivity contribution in [1.29, 1.82) is 0 Å². The fraction of sp³-hybridized carbons (Fsp3) is 0.412. The number of aromatic nitrogens is 2. The van der Waals surface area contributed by atoms with Crippen LogP contribution in [0.2, 0.25) is 0 Å². The second-order valence-electron chi connectivity index (χ2n) is 4.36. The van der Waals surface area contributed by atoms with E-state index in [2.05, 4.69) is 4.98 Å². The van der Waals surface area contributed by atoms with Gasteiger partial charge in [-0.3, -0.25) is 10.1 Å². The molecule has 0 saturated carbocycles. The van der Waals surface area contributed by atoms with E-state index in [9.17, 15) is 20.0 Å².